The van der Waals surface area contributed by atoms with Gasteiger partial charge in [0, 0.05) is 31.7 Å². The van der Waals surface area contributed by atoms with Crippen molar-refractivity contribution in [3.63, 3.8) is 0 Å². The molecule has 0 spiro atoms. The minimum atomic E-state index is -0.753. The van der Waals surface area contributed by atoms with Gasteiger partial charge in [-0.2, -0.15) is 0 Å². The first-order chi connectivity index (χ1) is 17.6. The largest absolute Gasteiger partial charge is 0.356 e. The fraction of sp³-hybridized carbons (Fsp3) is 0.677. The van der Waals surface area contributed by atoms with E-state index in [1.54, 1.807) is 0 Å². The van der Waals surface area contributed by atoms with Gasteiger partial charge in [0.1, 0.15) is 6.54 Å². The number of unbranched alkanes of at least 4 members (excludes halogenated alkanes) is 13. The normalized spacial score (nSPS) is 17.2. The summed E-state index contributed by atoms with van der Waals surface area (Å²) in [5.41, 5.74) is 1.72. The molecule has 1 heterocycles. The number of hydrogen-bond acceptors (Lipinski definition) is 2. The highest BCUT2D eigenvalue weighted by atomic mass is 35.5. The van der Waals surface area contributed by atoms with E-state index in [-0.39, 0.29) is 5.91 Å². The lowest BCUT2D eigenvalue weighted by atomic mass is 10.0. The van der Waals surface area contributed by atoms with E-state index in [2.05, 4.69) is 25.2 Å². The molecule has 1 N–H and O–H groups in total. The van der Waals surface area contributed by atoms with Gasteiger partial charge in [-0.15, -0.1) is 0 Å². The minimum Gasteiger partial charge on any atom is -0.356 e. The van der Waals surface area contributed by atoms with Gasteiger partial charge >= 0.3 is 0 Å². The Balaban J connectivity index is 1.46. The van der Waals surface area contributed by atoms with Crippen LogP contribution in [0.3, 0.4) is 0 Å². The molecule has 0 bridgehead atoms. The molecule has 0 fully saturated rings. The minimum absolute atomic E-state index is 0.0654. The summed E-state index contributed by atoms with van der Waals surface area (Å²) in [5.74, 6) is -0.0654. The summed E-state index contributed by atoms with van der Waals surface area (Å²) in [6.45, 7) is 6.42. The van der Waals surface area contributed by atoms with E-state index in [4.69, 9.17) is 16.3 Å². The number of carbonyl (C=O) groups is 1. The molecule has 5 heteroatoms. The smallest absolute Gasteiger partial charge is 0.252 e. The number of amides is 1. The van der Waals surface area contributed by atoms with E-state index in [1.807, 2.05) is 41.2 Å². The maximum absolute atomic E-state index is 12.4. The number of aromatic nitrogens is 1. The van der Waals surface area contributed by atoms with Crippen molar-refractivity contribution in [2.45, 2.75) is 122 Å². The zero-order valence-electron chi connectivity index (χ0n) is 22.9. The van der Waals surface area contributed by atoms with Crippen LogP contribution in [0.25, 0.3) is 0 Å². The molecule has 1 aromatic rings. The molecule has 1 aliphatic carbocycles. The van der Waals surface area contributed by atoms with E-state index in [0.717, 1.165) is 18.5 Å². The fourth-order valence-electron chi connectivity index (χ4n) is 4.52. The molecule has 1 atom stereocenters. The number of rotatable bonds is 20. The molecule has 202 valence electrons. The van der Waals surface area contributed by atoms with Crippen molar-refractivity contribution in [3.8, 4) is 0 Å². The van der Waals surface area contributed by atoms with Crippen molar-refractivity contribution in [1.82, 2.24) is 5.32 Å². The van der Waals surface area contributed by atoms with Crippen LogP contribution in [0.15, 0.2) is 48.3 Å². The molecule has 1 aliphatic rings. The van der Waals surface area contributed by atoms with Crippen LogP contribution in [0, 0.1) is 0 Å². The van der Waals surface area contributed by atoms with Gasteiger partial charge in [-0.3, -0.25) is 4.79 Å². The standard InChI is InChI=1S/C31H49ClN2O2/c1-3-5-6-7-8-9-10-11-12-13-14-15-16-17-26-36-31(32)22-18-28(19-23-31)27-33-30(35)29-20-24-34(4-2)25-21-29/h18-22,24-25H,3-17,23,26-27H2,1-2H3/p+1. The topological polar surface area (TPSA) is 42.2 Å². The zero-order valence-corrected chi connectivity index (χ0v) is 23.7. The van der Waals surface area contributed by atoms with Gasteiger partial charge in [0.25, 0.3) is 5.91 Å². The molecule has 0 aromatic carbocycles. The molecule has 0 radical (unpaired) electrons. The number of nitrogens with zero attached hydrogens (tertiary/aromatic N) is 1. The quantitative estimate of drug-likeness (QED) is 0.108. The maximum Gasteiger partial charge on any atom is 0.252 e. The first-order valence-electron chi connectivity index (χ1n) is 14.5. The molecular weight excluding hydrogens is 468 g/mol. The summed E-state index contributed by atoms with van der Waals surface area (Å²) < 4.78 is 8.02. The van der Waals surface area contributed by atoms with Crippen molar-refractivity contribution in [2.24, 2.45) is 0 Å². The summed E-state index contributed by atoms with van der Waals surface area (Å²) in [5, 5.41) is 2.23. The molecule has 0 aliphatic heterocycles. The Morgan fingerprint density at radius 3 is 1.97 bits per heavy atom. The first kappa shape index (κ1) is 30.6. The van der Waals surface area contributed by atoms with Crippen LogP contribution in [-0.2, 0) is 11.3 Å². The van der Waals surface area contributed by atoms with Crippen molar-refractivity contribution >= 4 is 17.5 Å². The number of hydrogen-bond donors (Lipinski definition) is 1. The highest BCUT2D eigenvalue weighted by Crippen LogP contribution is 2.29. The third-order valence-corrected chi connectivity index (χ3v) is 7.39. The number of pyridine rings is 1. The molecule has 1 amide bonds. The predicted molar refractivity (Wildman–Crippen MR) is 151 cm³/mol. The molecular formula is C31H50ClN2O2+. The van der Waals surface area contributed by atoms with Gasteiger partial charge in [0.05, 0.1) is 5.56 Å². The van der Waals surface area contributed by atoms with Gasteiger partial charge in [-0.1, -0.05) is 114 Å². The molecule has 2 rings (SSSR count). The van der Waals surface area contributed by atoms with Gasteiger partial charge in [0.15, 0.2) is 17.5 Å². The fourth-order valence-corrected chi connectivity index (χ4v) is 4.74. The number of halogens is 1. The van der Waals surface area contributed by atoms with E-state index >= 15 is 0 Å². The summed E-state index contributed by atoms with van der Waals surface area (Å²) in [6, 6.07) is 3.69. The highest BCUT2D eigenvalue weighted by Gasteiger charge is 2.26. The van der Waals surface area contributed by atoms with Crippen molar-refractivity contribution in [3.05, 3.63) is 53.9 Å². The number of aryl methyl sites for hydroxylation is 1. The van der Waals surface area contributed by atoms with Crippen LogP contribution >= 0.6 is 11.6 Å². The van der Waals surface area contributed by atoms with Crippen LogP contribution in [0.5, 0.6) is 0 Å². The van der Waals surface area contributed by atoms with Gasteiger partial charge in [-0.25, -0.2) is 4.57 Å². The lowest BCUT2D eigenvalue weighted by Gasteiger charge is -2.26. The predicted octanol–water partition coefficient (Wildman–Crippen LogP) is 8.04. The summed E-state index contributed by atoms with van der Waals surface area (Å²) in [7, 11) is 0. The lowest BCUT2D eigenvalue weighted by molar-refractivity contribution is -0.693. The van der Waals surface area contributed by atoms with Crippen molar-refractivity contribution in [1.29, 1.82) is 0 Å². The monoisotopic (exact) mass is 517 g/mol. The van der Waals surface area contributed by atoms with Crippen molar-refractivity contribution < 1.29 is 14.1 Å². The van der Waals surface area contributed by atoms with E-state index < -0.39 is 5.06 Å². The summed E-state index contributed by atoms with van der Waals surface area (Å²) in [6.07, 6.45) is 29.3. The van der Waals surface area contributed by atoms with E-state index in [9.17, 15) is 4.79 Å². The third-order valence-electron chi connectivity index (χ3n) is 7.00. The van der Waals surface area contributed by atoms with Gasteiger partial charge in [0.2, 0.25) is 0 Å². The Morgan fingerprint density at radius 2 is 1.47 bits per heavy atom. The Morgan fingerprint density at radius 1 is 0.917 bits per heavy atom. The van der Waals surface area contributed by atoms with Crippen LogP contribution in [0.2, 0.25) is 0 Å². The summed E-state index contributed by atoms with van der Waals surface area (Å²) >= 11 is 6.64. The maximum atomic E-state index is 12.4. The van der Waals surface area contributed by atoms with Crippen LogP contribution < -0.4 is 9.88 Å². The number of alkyl halides is 1. The number of ether oxygens (including phenoxy) is 1. The van der Waals surface area contributed by atoms with Crippen molar-refractivity contribution in [2.75, 3.05) is 13.2 Å². The zero-order chi connectivity index (χ0) is 25.9. The molecule has 36 heavy (non-hydrogen) atoms. The number of carbonyl (C=O) groups excluding carboxylic acids is 1. The lowest BCUT2D eigenvalue weighted by Crippen LogP contribution is -2.32. The second-order valence-corrected chi connectivity index (χ2v) is 10.8. The molecule has 4 nitrogen and oxygen atoms in total. The summed E-state index contributed by atoms with van der Waals surface area (Å²) in [4.78, 5) is 12.4. The Bertz CT molecular complexity index is 790. The van der Waals surface area contributed by atoms with Crippen LogP contribution in [0.4, 0.5) is 0 Å². The van der Waals surface area contributed by atoms with E-state index in [1.165, 1.54) is 83.5 Å². The second-order valence-electron chi connectivity index (χ2n) is 10.1. The van der Waals surface area contributed by atoms with Gasteiger partial charge < -0.3 is 10.1 Å². The Labute approximate surface area is 225 Å². The third kappa shape index (κ3) is 13.1. The first-order valence-corrected chi connectivity index (χ1v) is 14.9. The average Bonchev–Trinajstić information content (AvgIpc) is 2.90. The molecule has 0 saturated heterocycles. The Kier molecular flexibility index (Phi) is 15.8. The average molecular weight is 518 g/mol. The second kappa shape index (κ2) is 18.6. The van der Waals surface area contributed by atoms with Crippen LogP contribution in [-0.4, -0.2) is 24.1 Å². The number of nitrogens with one attached hydrogen (secondary N) is 1. The van der Waals surface area contributed by atoms with Crippen LogP contribution in [0.1, 0.15) is 121 Å². The van der Waals surface area contributed by atoms with Gasteiger partial charge in [-0.05, 0) is 25.0 Å². The molecule has 0 saturated carbocycles. The highest BCUT2D eigenvalue weighted by molar-refractivity contribution is 6.24. The Hall–Kier alpha value is -1.65. The molecule has 1 aromatic heterocycles. The molecule has 1 unspecified atom stereocenters. The van der Waals surface area contributed by atoms with E-state index in [0.29, 0.717) is 25.1 Å². The SMILES string of the molecule is CCCCCCCCCCCCCCCCOC1(Cl)C=CC(CNC(=O)c2cc[n+](CC)cc2)=CC1.